The lowest BCUT2D eigenvalue weighted by atomic mass is 9.98. The van der Waals surface area contributed by atoms with Crippen molar-refractivity contribution >= 4 is 6.09 Å². The van der Waals surface area contributed by atoms with E-state index in [9.17, 15) is 4.79 Å². The summed E-state index contributed by atoms with van der Waals surface area (Å²) in [5, 5.41) is 9.53. The molecule has 0 spiro atoms. The van der Waals surface area contributed by atoms with Crippen LogP contribution >= 0.6 is 0 Å². The molecule has 5 nitrogen and oxygen atoms in total. The molecule has 0 atom stereocenters. The lowest BCUT2D eigenvalue weighted by Gasteiger charge is -2.14. The Morgan fingerprint density at radius 2 is 1.82 bits per heavy atom. The quantitative estimate of drug-likeness (QED) is 0.538. The van der Waals surface area contributed by atoms with Gasteiger partial charge in [0.2, 0.25) is 0 Å². The van der Waals surface area contributed by atoms with Gasteiger partial charge in [-0.2, -0.15) is 5.10 Å². The van der Waals surface area contributed by atoms with Crippen molar-refractivity contribution in [3.8, 4) is 23.0 Å². The number of hydrogen-bond acceptors (Lipinski definition) is 3. The number of hydrogen-bond donors (Lipinski definition) is 2. The van der Waals surface area contributed by atoms with E-state index in [0.29, 0.717) is 19.6 Å². The highest BCUT2D eigenvalue weighted by molar-refractivity contribution is 5.79. The van der Waals surface area contributed by atoms with E-state index in [0.717, 1.165) is 11.3 Å². The molecule has 1 amide bonds. The average Bonchev–Trinajstić information content (AvgIpc) is 3.27. The van der Waals surface area contributed by atoms with Crippen molar-refractivity contribution in [1.29, 1.82) is 0 Å². The minimum atomic E-state index is -0.414. The number of aromatic amines is 1. The molecule has 4 rings (SSSR count). The maximum Gasteiger partial charge on any atom is 0.407 e. The van der Waals surface area contributed by atoms with Crippen LogP contribution < -0.4 is 5.32 Å². The summed E-state index contributed by atoms with van der Waals surface area (Å²) in [6.45, 7) is 2.69. The van der Waals surface area contributed by atoms with E-state index in [4.69, 9.17) is 4.74 Å². The number of aryl methyl sites for hydroxylation is 1. The number of carbonyl (C=O) groups excluding carboxylic acids is 1. The molecule has 140 valence electrons. The zero-order chi connectivity index (χ0) is 19.3. The highest BCUT2D eigenvalue weighted by Gasteiger charge is 2.28. The van der Waals surface area contributed by atoms with E-state index >= 15 is 0 Å². The molecule has 3 aromatic rings. The molecular formula is C23H21N3O2. The molecule has 2 N–H and O–H groups in total. The monoisotopic (exact) mass is 371 g/mol. The van der Waals surface area contributed by atoms with E-state index in [1.54, 1.807) is 6.20 Å². The third-order valence-corrected chi connectivity index (χ3v) is 4.92. The normalized spacial score (nSPS) is 11.9. The molecule has 1 aromatic heterocycles. The Labute approximate surface area is 164 Å². The van der Waals surface area contributed by atoms with Gasteiger partial charge in [0.25, 0.3) is 0 Å². The van der Waals surface area contributed by atoms with Gasteiger partial charge in [-0.25, -0.2) is 4.79 Å². The predicted octanol–water partition coefficient (Wildman–Crippen LogP) is 4.00. The van der Waals surface area contributed by atoms with Gasteiger partial charge in [0.15, 0.2) is 0 Å². The summed E-state index contributed by atoms with van der Waals surface area (Å²) in [5.41, 5.74) is 6.67. The Morgan fingerprint density at radius 1 is 1.14 bits per heavy atom. The highest BCUT2D eigenvalue weighted by Crippen LogP contribution is 2.44. The number of rotatable bonds is 4. The zero-order valence-electron chi connectivity index (χ0n) is 15.7. The van der Waals surface area contributed by atoms with Gasteiger partial charge in [0, 0.05) is 24.6 Å². The molecule has 0 saturated heterocycles. The van der Waals surface area contributed by atoms with Gasteiger partial charge in [-0.3, -0.25) is 5.10 Å². The number of fused-ring (bicyclic) bond motifs is 3. The van der Waals surface area contributed by atoms with E-state index in [1.807, 2.05) is 31.2 Å². The van der Waals surface area contributed by atoms with Crippen LogP contribution in [-0.2, 0) is 4.74 Å². The molecule has 0 fully saturated rings. The Hall–Kier alpha value is -3.52. The Morgan fingerprint density at radius 3 is 2.46 bits per heavy atom. The van der Waals surface area contributed by atoms with E-state index < -0.39 is 6.09 Å². The van der Waals surface area contributed by atoms with Crippen LogP contribution in [0.3, 0.4) is 0 Å². The molecular weight excluding hydrogens is 350 g/mol. The molecule has 2 aromatic carbocycles. The van der Waals surface area contributed by atoms with Crippen LogP contribution in [-0.4, -0.2) is 29.4 Å². The molecule has 1 heterocycles. The van der Waals surface area contributed by atoms with Crippen molar-refractivity contribution in [2.24, 2.45) is 0 Å². The van der Waals surface area contributed by atoms with Crippen LogP contribution in [0.5, 0.6) is 0 Å². The molecule has 5 heteroatoms. The second-order valence-electron chi connectivity index (χ2n) is 6.71. The van der Waals surface area contributed by atoms with Gasteiger partial charge in [-0.15, -0.1) is 0 Å². The minimum Gasteiger partial charge on any atom is -0.449 e. The predicted molar refractivity (Wildman–Crippen MR) is 108 cm³/mol. The fourth-order valence-electron chi connectivity index (χ4n) is 3.51. The van der Waals surface area contributed by atoms with Crippen molar-refractivity contribution in [2.75, 3.05) is 13.2 Å². The third-order valence-electron chi connectivity index (χ3n) is 4.92. The van der Waals surface area contributed by atoms with Gasteiger partial charge < -0.3 is 10.1 Å². The largest absolute Gasteiger partial charge is 0.449 e. The average molecular weight is 371 g/mol. The van der Waals surface area contributed by atoms with Crippen LogP contribution in [0, 0.1) is 18.8 Å². The molecule has 0 saturated carbocycles. The van der Waals surface area contributed by atoms with Crippen molar-refractivity contribution < 1.29 is 9.53 Å². The number of aromatic nitrogens is 2. The maximum atomic E-state index is 12.1. The van der Waals surface area contributed by atoms with Crippen LogP contribution in [0.4, 0.5) is 4.79 Å². The number of alkyl carbamates (subject to hydrolysis) is 1. The van der Waals surface area contributed by atoms with Crippen molar-refractivity contribution in [3.63, 3.8) is 0 Å². The first kappa shape index (κ1) is 17.9. The lowest BCUT2D eigenvalue weighted by molar-refractivity contribution is 0.143. The Balaban J connectivity index is 1.31. The lowest BCUT2D eigenvalue weighted by Crippen LogP contribution is -2.26. The van der Waals surface area contributed by atoms with Gasteiger partial charge in [-0.1, -0.05) is 60.4 Å². The maximum absolute atomic E-state index is 12.1. The first-order chi connectivity index (χ1) is 13.7. The molecule has 1 aliphatic carbocycles. The summed E-state index contributed by atoms with van der Waals surface area (Å²) in [6, 6.07) is 16.6. The topological polar surface area (TPSA) is 67.0 Å². The van der Waals surface area contributed by atoms with Gasteiger partial charge >= 0.3 is 6.09 Å². The number of ether oxygens (including phenoxy) is 1. The zero-order valence-corrected chi connectivity index (χ0v) is 15.7. The summed E-state index contributed by atoms with van der Waals surface area (Å²) < 4.78 is 5.50. The standard InChI is InChI=1S/C23H21N3O2/c1-16-17(14-25-26-16)8-6-7-13-24-23(27)28-15-22-20-11-4-2-9-18(20)19-10-3-5-12-21(19)22/h2-5,9-12,14,22H,7,13,15H2,1H3,(H,24,27)(H,25,26). The summed E-state index contributed by atoms with van der Waals surface area (Å²) in [4.78, 5) is 12.1. The Bertz CT molecular complexity index is 1010. The van der Waals surface area contributed by atoms with Crippen molar-refractivity contribution in [1.82, 2.24) is 15.5 Å². The number of amides is 1. The number of nitrogens with zero attached hydrogens (tertiary/aromatic N) is 1. The van der Waals surface area contributed by atoms with E-state index in [1.165, 1.54) is 22.3 Å². The fourth-order valence-corrected chi connectivity index (χ4v) is 3.51. The van der Waals surface area contributed by atoms with Gasteiger partial charge in [0.1, 0.15) is 6.61 Å². The van der Waals surface area contributed by atoms with Gasteiger partial charge in [0.05, 0.1) is 11.8 Å². The number of benzene rings is 2. The first-order valence-corrected chi connectivity index (χ1v) is 9.31. The van der Waals surface area contributed by atoms with Crippen molar-refractivity contribution in [3.05, 3.63) is 77.1 Å². The van der Waals surface area contributed by atoms with E-state index in [2.05, 4.69) is 51.6 Å². The molecule has 0 unspecified atom stereocenters. The van der Waals surface area contributed by atoms with Crippen LogP contribution in [0.2, 0.25) is 0 Å². The Kier molecular flexibility index (Phi) is 5.11. The molecule has 0 aliphatic heterocycles. The summed E-state index contributed by atoms with van der Waals surface area (Å²) in [6.07, 6.45) is 1.83. The second kappa shape index (κ2) is 8.01. The fraction of sp³-hybridized carbons (Fsp3) is 0.217. The van der Waals surface area contributed by atoms with E-state index in [-0.39, 0.29) is 5.92 Å². The molecule has 0 radical (unpaired) electrons. The minimum absolute atomic E-state index is 0.0713. The van der Waals surface area contributed by atoms with Crippen LogP contribution in [0.1, 0.15) is 34.7 Å². The number of H-pyrrole nitrogens is 1. The summed E-state index contributed by atoms with van der Waals surface area (Å²) in [5.74, 6) is 6.13. The second-order valence-corrected chi connectivity index (χ2v) is 6.71. The van der Waals surface area contributed by atoms with Crippen LogP contribution in [0.25, 0.3) is 11.1 Å². The number of carbonyl (C=O) groups is 1. The molecule has 28 heavy (non-hydrogen) atoms. The molecule has 1 aliphatic rings. The number of nitrogens with one attached hydrogen (secondary N) is 2. The summed E-state index contributed by atoms with van der Waals surface area (Å²) in [7, 11) is 0. The first-order valence-electron chi connectivity index (χ1n) is 9.31. The third kappa shape index (κ3) is 3.63. The summed E-state index contributed by atoms with van der Waals surface area (Å²) >= 11 is 0. The van der Waals surface area contributed by atoms with Gasteiger partial charge in [-0.05, 0) is 29.2 Å². The SMILES string of the molecule is Cc1[nH]ncc1C#CCCNC(=O)OCC1c2ccccc2-c2ccccc21. The van der Waals surface area contributed by atoms with Crippen LogP contribution in [0.15, 0.2) is 54.7 Å². The highest BCUT2D eigenvalue weighted by atomic mass is 16.5. The smallest absolute Gasteiger partial charge is 0.407 e. The van der Waals surface area contributed by atoms with Crippen molar-refractivity contribution in [2.45, 2.75) is 19.3 Å². The molecule has 0 bridgehead atoms.